The molecule has 1 amide bonds. The number of piperidine rings is 1. The molecular formula is C25H22F2N4O3. The molecule has 1 saturated heterocycles. The van der Waals surface area contributed by atoms with Crippen LogP contribution in [0.3, 0.4) is 0 Å². The lowest BCUT2D eigenvalue weighted by Gasteiger charge is -2.31. The Labute approximate surface area is 195 Å². The van der Waals surface area contributed by atoms with E-state index < -0.39 is 29.4 Å². The topological polar surface area (TPSA) is 88.2 Å². The third kappa shape index (κ3) is 4.66. The Bertz CT molecular complexity index is 1260. The minimum absolute atomic E-state index is 0.114. The maximum absolute atomic E-state index is 13.9. The van der Waals surface area contributed by atoms with Crippen LogP contribution in [0.2, 0.25) is 0 Å². The Hall–Kier alpha value is -4.06. The molecule has 1 fully saturated rings. The Kier molecular flexibility index (Phi) is 6.68. The van der Waals surface area contributed by atoms with Gasteiger partial charge in [0.05, 0.1) is 28.6 Å². The standard InChI is InChI=1S/C25H22F2N4O3/c1-16-21(14-28)23(31(29-16)19-5-3-2-4-6-19)15-34-25(33)17-9-11-30(12-10-17)24(32)20-8-7-18(26)13-22(20)27/h2-8,13,17H,9-12,15H2,1H3. The number of nitrogens with zero attached hydrogens (tertiary/aromatic N) is 4. The summed E-state index contributed by atoms with van der Waals surface area (Å²) in [6.07, 6.45) is 0.713. The average Bonchev–Trinajstić information content (AvgIpc) is 3.17. The molecule has 0 spiro atoms. The number of ether oxygens (including phenoxy) is 1. The second kappa shape index (κ2) is 9.83. The number of aryl methyl sites for hydroxylation is 1. The first kappa shape index (κ1) is 23.1. The van der Waals surface area contributed by atoms with Gasteiger partial charge in [-0.1, -0.05) is 18.2 Å². The molecule has 0 N–H and O–H groups in total. The summed E-state index contributed by atoms with van der Waals surface area (Å²) in [4.78, 5) is 26.7. The molecule has 0 unspecified atom stereocenters. The molecule has 34 heavy (non-hydrogen) atoms. The second-order valence-electron chi connectivity index (χ2n) is 8.06. The number of nitriles is 1. The lowest BCUT2D eigenvalue weighted by molar-refractivity contribution is -0.151. The van der Waals surface area contributed by atoms with Crippen molar-refractivity contribution in [3.63, 3.8) is 0 Å². The summed E-state index contributed by atoms with van der Waals surface area (Å²) in [6, 6.07) is 14.2. The van der Waals surface area contributed by atoms with Crippen LogP contribution in [0.25, 0.3) is 5.69 Å². The smallest absolute Gasteiger partial charge is 0.309 e. The maximum Gasteiger partial charge on any atom is 0.309 e. The fourth-order valence-corrected chi connectivity index (χ4v) is 4.05. The van der Waals surface area contributed by atoms with Crippen molar-refractivity contribution < 1.29 is 23.1 Å². The molecule has 0 radical (unpaired) electrons. The van der Waals surface area contributed by atoms with Crippen molar-refractivity contribution in [3.05, 3.63) is 82.7 Å². The number of benzene rings is 2. The number of hydrogen-bond donors (Lipinski definition) is 0. The lowest BCUT2D eigenvalue weighted by Crippen LogP contribution is -2.41. The number of rotatable bonds is 5. The van der Waals surface area contributed by atoms with Gasteiger partial charge in [0.25, 0.3) is 5.91 Å². The molecule has 0 bridgehead atoms. The van der Waals surface area contributed by atoms with Gasteiger partial charge in [-0.15, -0.1) is 0 Å². The van der Waals surface area contributed by atoms with Crippen molar-refractivity contribution in [2.24, 2.45) is 5.92 Å². The summed E-state index contributed by atoms with van der Waals surface area (Å²) in [6.45, 7) is 2.11. The summed E-state index contributed by atoms with van der Waals surface area (Å²) in [5.74, 6) is -3.06. The van der Waals surface area contributed by atoms with Crippen molar-refractivity contribution in [1.29, 1.82) is 5.26 Å². The molecule has 7 nitrogen and oxygen atoms in total. The fraction of sp³-hybridized carbons (Fsp3) is 0.280. The first-order valence-electron chi connectivity index (χ1n) is 10.8. The SMILES string of the molecule is Cc1nn(-c2ccccc2)c(COC(=O)C2CCN(C(=O)c3ccc(F)cc3F)CC2)c1C#N. The summed E-state index contributed by atoms with van der Waals surface area (Å²) >= 11 is 0. The first-order valence-corrected chi connectivity index (χ1v) is 10.8. The molecule has 1 aliphatic rings. The third-order valence-electron chi connectivity index (χ3n) is 5.90. The van der Waals surface area contributed by atoms with Crippen molar-refractivity contribution >= 4 is 11.9 Å². The Morgan fingerprint density at radius 2 is 1.85 bits per heavy atom. The molecule has 0 atom stereocenters. The van der Waals surface area contributed by atoms with Gasteiger partial charge in [-0.25, -0.2) is 13.5 Å². The highest BCUT2D eigenvalue weighted by molar-refractivity contribution is 5.94. The number of amides is 1. The quantitative estimate of drug-likeness (QED) is 0.534. The van der Waals surface area contributed by atoms with Crippen LogP contribution >= 0.6 is 0 Å². The highest BCUT2D eigenvalue weighted by Crippen LogP contribution is 2.24. The van der Waals surface area contributed by atoms with E-state index in [1.807, 2.05) is 30.3 Å². The fourth-order valence-electron chi connectivity index (χ4n) is 4.05. The van der Waals surface area contributed by atoms with Crippen LogP contribution in [-0.2, 0) is 16.1 Å². The number of esters is 1. The average molecular weight is 464 g/mol. The minimum atomic E-state index is -0.912. The third-order valence-corrected chi connectivity index (χ3v) is 5.90. The molecule has 1 aliphatic heterocycles. The molecule has 9 heteroatoms. The number of aromatic nitrogens is 2. The van der Waals surface area contributed by atoms with Gasteiger partial charge >= 0.3 is 5.97 Å². The zero-order valence-electron chi connectivity index (χ0n) is 18.5. The van der Waals surface area contributed by atoms with E-state index in [1.165, 1.54) is 4.90 Å². The molecular weight excluding hydrogens is 442 g/mol. The van der Waals surface area contributed by atoms with E-state index in [-0.39, 0.29) is 25.3 Å². The number of hydrogen-bond acceptors (Lipinski definition) is 5. The number of para-hydroxylation sites is 1. The molecule has 4 rings (SSSR count). The van der Waals surface area contributed by atoms with E-state index in [9.17, 15) is 23.6 Å². The summed E-state index contributed by atoms with van der Waals surface area (Å²) in [5.41, 5.74) is 1.93. The van der Waals surface area contributed by atoms with Gasteiger partial charge in [0.15, 0.2) is 0 Å². The molecule has 2 aromatic carbocycles. The normalized spacial score (nSPS) is 14.0. The van der Waals surface area contributed by atoms with Gasteiger partial charge in [0.1, 0.15) is 29.9 Å². The zero-order chi connectivity index (χ0) is 24.2. The number of carbonyl (C=O) groups is 2. The largest absolute Gasteiger partial charge is 0.459 e. The van der Waals surface area contributed by atoms with Gasteiger partial charge in [-0.2, -0.15) is 10.4 Å². The van der Waals surface area contributed by atoms with Gasteiger partial charge < -0.3 is 9.64 Å². The van der Waals surface area contributed by atoms with Gasteiger partial charge in [0, 0.05) is 19.2 Å². The van der Waals surface area contributed by atoms with Crippen LogP contribution in [0.4, 0.5) is 8.78 Å². The van der Waals surface area contributed by atoms with Gasteiger partial charge in [-0.05, 0) is 44.0 Å². The Morgan fingerprint density at radius 1 is 1.15 bits per heavy atom. The van der Waals surface area contributed by atoms with Crippen molar-refractivity contribution in [3.8, 4) is 11.8 Å². The van der Waals surface area contributed by atoms with Gasteiger partial charge in [0.2, 0.25) is 0 Å². The van der Waals surface area contributed by atoms with Gasteiger partial charge in [-0.3, -0.25) is 9.59 Å². The molecule has 174 valence electrons. The summed E-state index contributed by atoms with van der Waals surface area (Å²) in [5, 5.41) is 14.0. The van der Waals surface area contributed by atoms with Crippen LogP contribution in [0, 0.1) is 35.8 Å². The molecule has 0 saturated carbocycles. The van der Waals surface area contributed by atoms with Crippen molar-refractivity contribution in [2.75, 3.05) is 13.1 Å². The van der Waals surface area contributed by atoms with E-state index in [0.29, 0.717) is 35.9 Å². The van der Waals surface area contributed by atoms with Crippen LogP contribution < -0.4 is 0 Å². The van der Waals surface area contributed by atoms with Crippen molar-refractivity contribution in [2.45, 2.75) is 26.4 Å². The monoisotopic (exact) mass is 464 g/mol. The summed E-state index contributed by atoms with van der Waals surface area (Å²) < 4.78 is 34.2. The van der Waals surface area contributed by atoms with E-state index in [1.54, 1.807) is 11.6 Å². The highest BCUT2D eigenvalue weighted by Gasteiger charge is 2.30. The van der Waals surface area contributed by atoms with E-state index in [2.05, 4.69) is 11.2 Å². The number of halogens is 2. The Morgan fingerprint density at radius 3 is 2.50 bits per heavy atom. The summed E-state index contributed by atoms with van der Waals surface area (Å²) in [7, 11) is 0. The highest BCUT2D eigenvalue weighted by atomic mass is 19.1. The maximum atomic E-state index is 13.9. The minimum Gasteiger partial charge on any atom is -0.459 e. The zero-order valence-corrected chi connectivity index (χ0v) is 18.5. The second-order valence-corrected chi connectivity index (χ2v) is 8.06. The van der Waals surface area contributed by atoms with E-state index >= 15 is 0 Å². The molecule has 2 heterocycles. The molecule has 3 aromatic rings. The van der Waals surface area contributed by atoms with Crippen LogP contribution in [0.1, 0.15) is 40.2 Å². The predicted molar refractivity (Wildman–Crippen MR) is 118 cm³/mol. The van der Waals surface area contributed by atoms with Crippen LogP contribution in [0.5, 0.6) is 0 Å². The van der Waals surface area contributed by atoms with E-state index in [4.69, 9.17) is 4.74 Å². The lowest BCUT2D eigenvalue weighted by atomic mass is 9.96. The predicted octanol–water partition coefficient (Wildman–Crippen LogP) is 3.93. The molecule has 0 aliphatic carbocycles. The van der Waals surface area contributed by atoms with Crippen LogP contribution in [-0.4, -0.2) is 39.6 Å². The number of carbonyl (C=O) groups excluding carboxylic acids is 2. The van der Waals surface area contributed by atoms with Crippen LogP contribution in [0.15, 0.2) is 48.5 Å². The van der Waals surface area contributed by atoms with E-state index in [0.717, 1.165) is 17.8 Å². The molecule has 1 aromatic heterocycles. The Balaban J connectivity index is 1.39. The number of likely N-dealkylation sites (tertiary alicyclic amines) is 1. The first-order chi connectivity index (χ1) is 16.4. The van der Waals surface area contributed by atoms with Crippen molar-refractivity contribution in [1.82, 2.24) is 14.7 Å².